The highest BCUT2D eigenvalue weighted by Crippen LogP contribution is 2.03. The molecule has 7 heteroatoms. The van der Waals surface area contributed by atoms with Crippen LogP contribution < -0.4 is 16.4 Å². The monoisotopic (exact) mass is 253 g/mol. The lowest BCUT2D eigenvalue weighted by Crippen LogP contribution is -2.37. The van der Waals surface area contributed by atoms with Crippen molar-refractivity contribution in [2.45, 2.75) is 19.9 Å². The average Bonchev–Trinajstić information content (AvgIpc) is 2.30. The van der Waals surface area contributed by atoms with E-state index < -0.39 is 0 Å². The first-order valence-corrected chi connectivity index (χ1v) is 5.61. The molecule has 1 aromatic heterocycles. The van der Waals surface area contributed by atoms with E-state index in [9.17, 15) is 4.79 Å². The van der Waals surface area contributed by atoms with Gasteiger partial charge in [0.15, 0.2) is 0 Å². The van der Waals surface area contributed by atoms with Crippen molar-refractivity contribution in [2.75, 3.05) is 11.9 Å². The van der Waals surface area contributed by atoms with Gasteiger partial charge in [0, 0.05) is 6.54 Å². The fourth-order valence-electron chi connectivity index (χ4n) is 1.14. The number of hydrogen-bond donors (Lipinski definition) is 3. The topological polar surface area (TPSA) is 92.9 Å². The van der Waals surface area contributed by atoms with Crippen LogP contribution in [0, 0.1) is 0 Å². The van der Waals surface area contributed by atoms with Crippen molar-refractivity contribution in [3.05, 3.63) is 18.1 Å². The molecule has 0 fully saturated rings. The van der Waals surface area contributed by atoms with Crippen LogP contribution in [0.25, 0.3) is 0 Å². The summed E-state index contributed by atoms with van der Waals surface area (Å²) < 4.78 is 0. The van der Waals surface area contributed by atoms with Gasteiger partial charge >= 0.3 is 0 Å². The van der Waals surface area contributed by atoms with Crippen LogP contribution in [0.5, 0.6) is 0 Å². The lowest BCUT2D eigenvalue weighted by molar-refractivity contribution is -0.121. The molecule has 0 saturated heterocycles. The standard InChI is InChI=1S/C10H15N5OS/c1-3-12-10(16)6(2)15-8-5-13-7(4-14-8)9(11)17/h4-6H,3H2,1-2H3,(H2,11,17)(H,12,16)(H,14,15). The first-order valence-electron chi connectivity index (χ1n) is 5.20. The van der Waals surface area contributed by atoms with Gasteiger partial charge in [0.05, 0.1) is 12.4 Å². The van der Waals surface area contributed by atoms with Gasteiger partial charge in [0.25, 0.3) is 0 Å². The third kappa shape index (κ3) is 3.95. The first kappa shape index (κ1) is 13.3. The summed E-state index contributed by atoms with van der Waals surface area (Å²) in [5.74, 6) is 0.413. The number of nitrogens with two attached hydrogens (primary N) is 1. The Morgan fingerprint density at radius 3 is 2.71 bits per heavy atom. The van der Waals surface area contributed by atoms with Crippen molar-refractivity contribution < 1.29 is 4.79 Å². The lowest BCUT2D eigenvalue weighted by atomic mass is 10.3. The number of thiocarbonyl (C=S) groups is 1. The number of nitrogens with one attached hydrogen (secondary N) is 2. The van der Waals surface area contributed by atoms with Gasteiger partial charge in [-0.15, -0.1) is 0 Å². The summed E-state index contributed by atoms with van der Waals surface area (Å²) in [6.45, 7) is 4.20. The summed E-state index contributed by atoms with van der Waals surface area (Å²) in [5.41, 5.74) is 5.85. The molecule has 6 nitrogen and oxygen atoms in total. The van der Waals surface area contributed by atoms with Gasteiger partial charge in [-0.05, 0) is 13.8 Å². The molecule has 92 valence electrons. The Morgan fingerprint density at radius 2 is 2.24 bits per heavy atom. The van der Waals surface area contributed by atoms with Gasteiger partial charge in [-0.2, -0.15) is 0 Å². The van der Waals surface area contributed by atoms with Crippen LogP contribution in [0.1, 0.15) is 19.5 Å². The number of anilines is 1. The Hall–Kier alpha value is -1.76. The van der Waals surface area contributed by atoms with E-state index in [0.717, 1.165) is 0 Å². The van der Waals surface area contributed by atoms with E-state index in [-0.39, 0.29) is 16.9 Å². The van der Waals surface area contributed by atoms with E-state index in [2.05, 4.69) is 20.6 Å². The minimum Gasteiger partial charge on any atom is -0.388 e. The predicted octanol–water partition coefficient (Wildman–Crippen LogP) is 0.0473. The molecule has 0 aromatic carbocycles. The van der Waals surface area contributed by atoms with Crippen molar-refractivity contribution >= 4 is 28.9 Å². The molecule has 0 aliphatic carbocycles. The quantitative estimate of drug-likeness (QED) is 0.642. The highest BCUT2D eigenvalue weighted by atomic mass is 32.1. The second kappa shape index (κ2) is 6.09. The second-order valence-electron chi connectivity index (χ2n) is 3.41. The largest absolute Gasteiger partial charge is 0.388 e. The van der Waals surface area contributed by atoms with Crippen molar-refractivity contribution in [3.63, 3.8) is 0 Å². The van der Waals surface area contributed by atoms with Crippen LogP contribution in [-0.2, 0) is 4.79 Å². The van der Waals surface area contributed by atoms with E-state index >= 15 is 0 Å². The van der Waals surface area contributed by atoms with Crippen molar-refractivity contribution in [3.8, 4) is 0 Å². The van der Waals surface area contributed by atoms with E-state index in [4.69, 9.17) is 18.0 Å². The Balaban J connectivity index is 2.63. The SMILES string of the molecule is CCNC(=O)C(C)Nc1cnc(C(N)=S)cn1. The third-order valence-electron chi connectivity index (χ3n) is 2.01. The fraction of sp³-hybridized carbons (Fsp3) is 0.400. The maximum atomic E-state index is 11.5. The summed E-state index contributed by atoms with van der Waals surface area (Å²) in [7, 11) is 0. The highest BCUT2D eigenvalue weighted by molar-refractivity contribution is 7.80. The zero-order valence-corrected chi connectivity index (χ0v) is 10.5. The molecule has 1 amide bonds. The molecule has 4 N–H and O–H groups in total. The molecular weight excluding hydrogens is 238 g/mol. The molecule has 17 heavy (non-hydrogen) atoms. The number of likely N-dealkylation sites (N-methyl/N-ethyl adjacent to an activating group) is 1. The number of hydrogen-bond acceptors (Lipinski definition) is 5. The minimum absolute atomic E-state index is 0.0901. The Kier molecular flexibility index (Phi) is 4.77. The third-order valence-corrected chi connectivity index (χ3v) is 2.22. The number of rotatable bonds is 5. The van der Waals surface area contributed by atoms with Crippen LogP contribution in [0.4, 0.5) is 5.82 Å². The van der Waals surface area contributed by atoms with Crippen LogP contribution in [0.3, 0.4) is 0 Å². The molecule has 1 aromatic rings. The number of amides is 1. The molecule has 0 aliphatic heterocycles. The molecule has 1 atom stereocenters. The van der Waals surface area contributed by atoms with Crippen LogP contribution in [-0.4, -0.2) is 33.5 Å². The summed E-state index contributed by atoms with van der Waals surface area (Å²) >= 11 is 4.76. The van der Waals surface area contributed by atoms with E-state index in [0.29, 0.717) is 18.1 Å². The van der Waals surface area contributed by atoms with E-state index in [1.807, 2.05) is 6.92 Å². The molecular formula is C10H15N5OS. The van der Waals surface area contributed by atoms with E-state index in [1.165, 1.54) is 12.4 Å². The molecule has 0 spiro atoms. The predicted molar refractivity (Wildman–Crippen MR) is 69.7 cm³/mol. The Bertz CT molecular complexity index is 406. The van der Waals surface area contributed by atoms with Crippen LogP contribution in [0.2, 0.25) is 0 Å². The number of carbonyl (C=O) groups excluding carboxylic acids is 1. The van der Waals surface area contributed by atoms with Gasteiger partial charge < -0.3 is 16.4 Å². The van der Waals surface area contributed by atoms with Gasteiger partial charge in [0.1, 0.15) is 22.5 Å². The maximum Gasteiger partial charge on any atom is 0.242 e. The summed E-state index contributed by atoms with van der Waals surface area (Å²) in [5, 5.41) is 5.63. The molecule has 0 aliphatic rings. The highest BCUT2D eigenvalue weighted by Gasteiger charge is 2.11. The minimum atomic E-state index is -0.375. The van der Waals surface area contributed by atoms with Gasteiger partial charge in [-0.1, -0.05) is 12.2 Å². The molecule has 0 bridgehead atoms. The maximum absolute atomic E-state index is 11.5. The zero-order valence-electron chi connectivity index (χ0n) is 9.73. The summed E-state index contributed by atoms with van der Waals surface area (Å²) in [4.78, 5) is 19.7. The fourth-order valence-corrected chi connectivity index (χ4v) is 1.25. The summed E-state index contributed by atoms with van der Waals surface area (Å²) in [6.07, 6.45) is 2.96. The molecule has 0 radical (unpaired) electrons. The molecule has 1 rings (SSSR count). The van der Waals surface area contributed by atoms with Crippen LogP contribution in [0.15, 0.2) is 12.4 Å². The van der Waals surface area contributed by atoms with E-state index in [1.54, 1.807) is 6.92 Å². The van der Waals surface area contributed by atoms with Gasteiger partial charge in [0.2, 0.25) is 5.91 Å². The molecule has 1 heterocycles. The summed E-state index contributed by atoms with van der Waals surface area (Å²) in [6, 6.07) is -0.375. The number of aromatic nitrogens is 2. The smallest absolute Gasteiger partial charge is 0.242 e. The lowest BCUT2D eigenvalue weighted by Gasteiger charge is -2.13. The number of carbonyl (C=O) groups is 1. The van der Waals surface area contributed by atoms with Gasteiger partial charge in [-0.3, -0.25) is 4.79 Å². The molecule has 1 unspecified atom stereocenters. The van der Waals surface area contributed by atoms with Gasteiger partial charge in [-0.25, -0.2) is 9.97 Å². The Labute approximate surface area is 105 Å². The van der Waals surface area contributed by atoms with Crippen molar-refractivity contribution in [1.82, 2.24) is 15.3 Å². The van der Waals surface area contributed by atoms with Crippen molar-refractivity contribution in [2.24, 2.45) is 5.73 Å². The normalized spacial score (nSPS) is 11.6. The molecule has 0 saturated carbocycles. The second-order valence-corrected chi connectivity index (χ2v) is 3.85. The van der Waals surface area contributed by atoms with Crippen LogP contribution >= 0.6 is 12.2 Å². The number of nitrogens with zero attached hydrogens (tertiary/aromatic N) is 2. The Morgan fingerprint density at radius 1 is 1.53 bits per heavy atom. The first-order chi connectivity index (χ1) is 8.04. The zero-order chi connectivity index (χ0) is 12.8. The average molecular weight is 253 g/mol. The van der Waals surface area contributed by atoms with Crippen molar-refractivity contribution in [1.29, 1.82) is 0 Å².